The molecule has 0 saturated heterocycles. The second-order valence-electron chi connectivity index (χ2n) is 4.37. The largest absolute Gasteiger partial charge is 0.492 e. The van der Waals surface area contributed by atoms with Gasteiger partial charge in [0.25, 0.3) is 0 Å². The zero-order valence-electron chi connectivity index (χ0n) is 11.1. The molecule has 1 atom stereocenters. The Balaban J connectivity index is 2.03. The van der Waals surface area contributed by atoms with Crippen LogP contribution in [0.15, 0.2) is 30.5 Å². The molecular formula is C14H18ClN3O. The van der Waals surface area contributed by atoms with Crippen LogP contribution in [0.5, 0.6) is 5.75 Å². The van der Waals surface area contributed by atoms with E-state index in [-0.39, 0.29) is 6.04 Å². The molecule has 1 aromatic carbocycles. The Morgan fingerprint density at radius 2 is 2.26 bits per heavy atom. The van der Waals surface area contributed by atoms with Crippen LogP contribution < -0.4 is 10.1 Å². The summed E-state index contributed by atoms with van der Waals surface area (Å²) in [5.41, 5.74) is 1.98. The van der Waals surface area contributed by atoms with Gasteiger partial charge in [-0.05, 0) is 37.6 Å². The Labute approximate surface area is 118 Å². The van der Waals surface area contributed by atoms with E-state index in [1.54, 1.807) is 6.20 Å². The molecule has 2 N–H and O–H groups in total. The molecule has 1 heterocycles. The molecule has 0 amide bonds. The summed E-state index contributed by atoms with van der Waals surface area (Å²) >= 11 is 6.19. The van der Waals surface area contributed by atoms with Crippen LogP contribution in [0.3, 0.4) is 0 Å². The molecule has 4 nitrogen and oxygen atoms in total. The molecule has 0 radical (unpaired) electrons. The Hall–Kier alpha value is -1.68. The quantitative estimate of drug-likeness (QED) is 0.839. The van der Waals surface area contributed by atoms with Crippen molar-refractivity contribution in [1.29, 1.82) is 0 Å². The minimum Gasteiger partial charge on any atom is -0.492 e. The van der Waals surface area contributed by atoms with Crippen molar-refractivity contribution in [3.63, 3.8) is 0 Å². The topological polar surface area (TPSA) is 49.9 Å². The number of halogens is 1. The number of anilines is 1. The smallest absolute Gasteiger partial charge is 0.138 e. The van der Waals surface area contributed by atoms with E-state index >= 15 is 0 Å². The first-order valence-electron chi connectivity index (χ1n) is 6.39. The summed E-state index contributed by atoms with van der Waals surface area (Å²) in [5, 5.41) is 10.9. The van der Waals surface area contributed by atoms with Gasteiger partial charge in [0.15, 0.2) is 0 Å². The number of hydrogen-bond donors (Lipinski definition) is 2. The number of ether oxygens (including phenoxy) is 1. The van der Waals surface area contributed by atoms with E-state index in [2.05, 4.69) is 29.4 Å². The highest BCUT2D eigenvalue weighted by atomic mass is 35.5. The second kappa shape index (κ2) is 6.48. The van der Waals surface area contributed by atoms with E-state index in [0.717, 1.165) is 23.6 Å². The van der Waals surface area contributed by atoms with Crippen LogP contribution in [0, 0.1) is 0 Å². The Morgan fingerprint density at radius 1 is 1.42 bits per heavy atom. The normalized spacial score (nSPS) is 12.2. The van der Waals surface area contributed by atoms with Gasteiger partial charge in [-0.1, -0.05) is 18.5 Å². The number of H-pyrrole nitrogens is 1. The van der Waals surface area contributed by atoms with Gasteiger partial charge in [-0.25, -0.2) is 0 Å². The van der Waals surface area contributed by atoms with Gasteiger partial charge in [0.05, 0.1) is 23.4 Å². The van der Waals surface area contributed by atoms with Crippen LogP contribution in [0.4, 0.5) is 5.69 Å². The molecule has 1 unspecified atom stereocenters. The summed E-state index contributed by atoms with van der Waals surface area (Å²) in [5.74, 6) is 0.725. The number of benzene rings is 1. The maximum absolute atomic E-state index is 6.19. The zero-order valence-corrected chi connectivity index (χ0v) is 11.9. The summed E-state index contributed by atoms with van der Waals surface area (Å²) in [7, 11) is 0. The van der Waals surface area contributed by atoms with Gasteiger partial charge in [0.2, 0.25) is 0 Å². The number of nitrogens with one attached hydrogen (secondary N) is 2. The van der Waals surface area contributed by atoms with Gasteiger partial charge in [-0.3, -0.25) is 5.10 Å². The molecule has 2 rings (SSSR count). The lowest BCUT2D eigenvalue weighted by atomic mass is 10.2. The van der Waals surface area contributed by atoms with E-state index in [4.69, 9.17) is 16.3 Å². The first-order chi connectivity index (χ1) is 9.20. The van der Waals surface area contributed by atoms with E-state index in [0.29, 0.717) is 11.6 Å². The number of nitrogens with zero attached hydrogens (tertiary/aromatic N) is 1. The zero-order chi connectivity index (χ0) is 13.7. The predicted molar refractivity (Wildman–Crippen MR) is 77.9 cm³/mol. The Morgan fingerprint density at radius 3 is 2.89 bits per heavy atom. The maximum atomic E-state index is 6.19. The van der Waals surface area contributed by atoms with Crippen molar-refractivity contribution in [2.75, 3.05) is 11.9 Å². The fourth-order valence-corrected chi connectivity index (χ4v) is 1.99. The minimum absolute atomic E-state index is 0.140. The van der Waals surface area contributed by atoms with E-state index < -0.39 is 0 Å². The van der Waals surface area contributed by atoms with Gasteiger partial charge >= 0.3 is 0 Å². The van der Waals surface area contributed by atoms with Crippen molar-refractivity contribution >= 4 is 17.3 Å². The number of hydrogen-bond acceptors (Lipinski definition) is 3. The SMILES string of the molecule is CCCOc1ccc(NC(C)c2ccn[nH]2)cc1Cl. The summed E-state index contributed by atoms with van der Waals surface area (Å²) in [4.78, 5) is 0. The summed E-state index contributed by atoms with van der Waals surface area (Å²) in [6.07, 6.45) is 2.70. The molecule has 0 fully saturated rings. The van der Waals surface area contributed by atoms with Gasteiger partial charge in [0, 0.05) is 11.9 Å². The third-order valence-electron chi connectivity index (χ3n) is 2.77. The van der Waals surface area contributed by atoms with Crippen molar-refractivity contribution in [3.8, 4) is 5.75 Å². The number of rotatable bonds is 6. The van der Waals surface area contributed by atoms with Crippen LogP contribution in [0.25, 0.3) is 0 Å². The first-order valence-corrected chi connectivity index (χ1v) is 6.76. The van der Waals surface area contributed by atoms with Crippen LogP contribution in [-0.4, -0.2) is 16.8 Å². The molecule has 1 aromatic heterocycles. The molecule has 0 saturated carbocycles. The van der Waals surface area contributed by atoms with Gasteiger partial charge in [-0.2, -0.15) is 5.10 Å². The lowest BCUT2D eigenvalue weighted by molar-refractivity contribution is 0.317. The lowest BCUT2D eigenvalue weighted by Gasteiger charge is -2.15. The van der Waals surface area contributed by atoms with Crippen molar-refractivity contribution in [3.05, 3.63) is 41.2 Å². The fraction of sp³-hybridized carbons (Fsp3) is 0.357. The summed E-state index contributed by atoms with van der Waals surface area (Å²) in [6.45, 7) is 4.80. The third kappa shape index (κ3) is 3.64. The minimum atomic E-state index is 0.140. The Kier molecular flexibility index (Phi) is 4.68. The predicted octanol–water partition coefficient (Wildman–Crippen LogP) is 4.03. The molecule has 0 aliphatic rings. The van der Waals surface area contributed by atoms with Crippen molar-refractivity contribution in [1.82, 2.24) is 10.2 Å². The van der Waals surface area contributed by atoms with Crippen LogP contribution in [0.2, 0.25) is 5.02 Å². The van der Waals surface area contributed by atoms with E-state index in [1.165, 1.54) is 0 Å². The average molecular weight is 280 g/mol. The number of aromatic amines is 1. The van der Waals surface area contributed by atoms with E-state index in [9.17, 15) is 0 Å². The monoisotopic (exact) mass is 279 g/mol. The molecular weight excluding hydrogens is 262 g/mol. The van der Waals surface area contributed by atoms with Crippen molar-refractivity contribution < 1.29 is 4.74 Å². The third-order valence-corrected chi connectivity index (χ3v) is 3.06. The molecule has 0 spiro atoms. The number of aromatic nitrogens is 2. The van der Waals surface area contributed by atoms with Crippen molar-refractivity contribution in [2.24, 2.45) is 0 Å². The summed E-state index contributed by atoms with van der Waals surface area (Å²) in [6, 6.07) is 7.81. The molecule has 5 heteroatoms. The lowest BCUT2D eigenvalue weighted by Crippen LogP contribution is -2.07. The van der Waals surface area contributed by atoms with Crippen molar-refractivity contribution in [2.45, 2.75) is 26.3 Å². The average Bonchev–Trinajstić information content (AvgIpc) is 2.92. The highest BCUT2D eigenvalue weighted by Crippen LogP contribution is 2.29. The standard InChI is InChI=1S/C14H18ClN3O/c1-3-8-19-14-5-4-11(9-12(14)15)17-10(2)13-6-7-16-18-13/h4-7,9-10,17H,3,8H2,1-2H3,(H,16,18). The van der Waals surface area contributed by atoms with Gasteiger partial charge in [0.1, 0.15) is 5.75 Å². The fourth-order valence-electron chi connectivity index (χ4n) is 1.76. The molecule has 0 bridgehead atoms. The molecule has 0 aliphatic carbocycles. The van der Waals surface area contributed by atoms with Crippen LogP contribution in [-0.2, 0) is 0 Å². The Bertz CT molecular complexity index is 513. The van der Waals surface area contributed by atoms with Gasteiger partial charge in [-0.15, -0.1) is 0 Å². The first kappa shape index (κ1) is 13.7. The van der Waals surface area contributed by atoms with E-state index in [1.807, 2.05) is 24.3 Å². The molecule has 0 aliphatic heterocycles. The van der Waals surface area contributed by atoms with Crippen LogP contribution in [0.1, 0.15) is 32.0 Å². The molecule has 102 valence electrons. The maximum Gasteiger partial charge on any atom is 0.138 e. The van der Waals surface area contributed by atoms with Gasteiger partial charge < -0.3 is 10.1 Å². The highest BCUT2D eigenvalue weighted by Gasteiger charge is 2.08. The van der Waals surface area contributed by atoms with Crippen LogP contribution >= 0.6 is 11.6 Å². The molecule has 19 heavy (non-hydrogen) atoms. The molecule has 2 aromatic rings. The summed E-state index contributed by atoms with van der Waals surface area (Å²) < 4.78 is 5.54. The highest BCUT2D eigenvalue weighted by molar-refractivity contribution is 6.32. The second-order valence-corrected chi connectivity index (χ2v) is 4.78.